The number of anilines is 1. The number of ether oxygens (including phenoxy) is 2. The number of hydrogen-bond donors (Lipinski definition) is 1. The van der Waals surface area contributed by atoms with Crippen molar-refractivity contribution in [2.45, 2.75) is 25.7 Å². The number of carbonyl (C=O) groups excluding carboxylic acids is 2. The molecule has 1 saturated carbocycles. The lowest BCUT2D eigenvalue weighted by molar-refractivity contribution is -0.313. The number of carboxylic acid groups (broad SMARTS) is 1. The SMILES string of the molecule is COc1cc(NC(=O)[C@@H]2CCCC[C@@H]2C(=O)[O-])c(OC)cc1Cl. The van der Waals surface area contributed by atoms with E-state index >= 15 is 0 Å². The van der Waals surface area contributed by atoms with E-state index in [0.29, 0.717) is 35.1 Å². The molecule has 0 spiro atoms. The summed E-state index contributed by atoms with van der Waals surface area (Å²) in [6, 6.07) is 3.09. The quantitative estimate of drug-likeness (QED) is 0.883. The van der Waals surface area contributed by atoms with E-state index in [-0.39, 0.29) is 5.91 Å². The van der Waals surface area contributed by atoms with E-state index in [0.717, 1.165) is 12.8 Å². The number of benzene rings is 1. The smallest absolute Gasteiger partial charge is 0.228 e. The number of nitrogens with one attached hydrogen (secondary N) is 1. The highest BCUT2D eigenvalue weighted by Gasteiger charge is 2.32. The number of methoxy groups -OCH3 is 2. The molecule has 7 heteroatoms. The van der Waals surface area contributed by atoms with Crippen LogP contribution in [0.4, 0.5) is 5.69 Å². The van der Waals surface area contributed by atoms with Crippen LogP contribution in [0.2, 0.25) is 5.02 Å². The zero-order valence-electron chi connectivity index (χ0n) is 13.1. The van der Waals surface area contributed by atoms with Crippen molar-refractivity contribution in [1.82, 2.24) is 0 Å². The molecule has 1 aliphatic rings. The maximum Gasteiger partial charge on any atom is 0.228 e. The van der Waals surface area contributed by atoms with E-state index in [1.54, 1.807) is 6.07 Å². The van der Waals surface area contributed by atoms with E-state index in [1.807, 2.05) is 0 Å². The van der Waals surface area contributed by atoms with Gasteiger partial charge in [0, 0.05) is 29.9 Å². The van der Waals surface area contributed by atoms with Gasteiger partial charge in [0.25, 0.3) is 0 Å². The summed E-state index contributed by atoms with van der Waals surface area (Å²) in [4.78, 5) is 23.7. The fourth-order valence-electron chi connectivity index (χ4n) is 2.91. The molecule has 0 unspecified atom stereocenters. The van der Waals surface area contributed by atoms with Crippen molar-refractivity contribution < 1.29 is 24.2 Å². The molecule has 0 bridgehead atoms. The highest BCUT2D eigenvalue weighted by molar-refractivity contribution is 6.32. The highest BCUT2D eigenvalue weighted by atomic mass is 35.5. The summed E-state index contributed by atoms with van der Waals surface area (Å²) < 4.78 is 10.3. The first kappa shape index (κ1) is 17.4. The van der Waals surface area contributed by atoms with E-state index in [2.05, 4.69) is 5.32 Å². The number of carbonyl (C=O) groups is 2. The van der Waals surface area contributed by atoms with E-state index in [9.17, 15) is 14.7 Å². The first-order chi connectivity index (χ1) is 11.0. The number of rotatable bonds is 5. The Morgan fingerprint density at radius 1 is 1.13 bits per heavy atom. The van der Waals surface area contributed by atoms with Crippen molar-refractivity contribution in [1.29, 1.82) is 0 Å². The second kappa shape index (κ2) is 7.55. The number of aliphatic carboxylic acids is 1. The van der Waals surface area contributed by atoms with Crippen LogP contribution < -0.4 is 19.9 Å². The molecule has 0 radical (unpaired) electrons. The predicted octanol–water partition coefficient (Wildman–Crippen LogP) is 1.85. The van der Waals surface area contributed by atoms with Gasteiger partial charge in [0.1, 0.15) is 11.5 Å². The maximum atomic E-state index is 12.5. The van der Waals surface area contributed by atoms with E-state index in [1.165, 1.54) is 20.3 Å². The minimum atomic E-state index is -1.18. The summed E-state index contributed by atoms with van der Waals surface area (Å²) in [5, 5.41) is 14.3. The average Bonchev–Trinajstić information content (AvgIpc) is 2.55. The van der Waals surface area contributed by atoms with Crippen LogP contribution in [0.15, 0.2) is 12.1 Å². The summed E-state index contributed by atoms with van der Waals surface area (Å²) in [5.41, 5.74) is 0.390. The Labute approximate surface area is 139 Å². The molecule has 2 rings (SSSR count). The molecular formula is C16H19ClNO5-. The number of halogens is 1. The van der Waals surface area contributed by atoms with Gasteiger partial charge in [0.15, 0.2) is 0 Å². The fourth-order valence-corrected chi connectivity index (χ4v) is 3.14. The Bertz CT molecular complexity index is 604. The lowest BCUT2D eigenvalue weighted by Gasteiger charge is -2.31. The van der Waals surface area contributed by atoms with Crippen molar-refractivity contribution >= 4 is 29.2 Å². The van der Waals surface area contributed by atoms with Gasteiger partial charge in [-0.1, -0.05) is 24.4 Å². The van der Waals surface area contributed by atoms with Gasteiger partial charge in [-0.05, 0) is 12.8 Å². The Hall–Kier alpha value is -1.95. The van der Waals surface area contributed by atoms with Crippen LogP contribution in [-0.2, 0) is 9.59 Å². The first-order valence-corrected chi connectivity index (χ1v) is 7.79. The lowest BCUT2D eigenvalue weighted by atomic mass is 9.78. The monoisotopic (exact) mass is 340 g/mol. The molecule has 1 aromatic carbocycles. The number of hydrogen-bond acceptors (Lipinski definition) is 5. The molecule has 1 aliphatic carbocycles. The lowest BCUT2D eigenvalue weighted by Crippen LogP contribution is -2.42. The summed E-state index contributed by atoms with van der Waals surface area (Å²) >= 11 is 6.03. The predicted molar refractivity (Wildman–Crippen MR) is 83.6 cm³/mol. The Morgan fingerprint density at radius 3 is 2.30 bits per heavy atom. The van der Waals surface area contributed by atoms with Crippen molar-refractivity contribution in [2.24, 2.45) is 11.8 Å². The van der Waals surface area contributed by atoms with Crippen LogP contribution in [0.5, 0.6) is 11.5 Å². The molecule has 0 aliphatic heterocycles. The Balaban J connectivity index is 2.23. The topological polar surface area (TPSA) is 87.7 Å². The molecular weight excluding hydrogens is 322 g/mol. The molecule has 2 atom stereocenters. The van der Waals surface area contributed by atoms with Gasteiger partial charge in [-0.2, -0.15) is 0 Å². The maximum absolute atomic E-state index is 12.5. The molecule has 1 fully saturated rings. The molecule has 0 aromatic heterocycles. The molecule has 23 heavy (non-hydrogen) atoms. The minimum Gasteiger partial charge on any atom is -0.550 e. The third-order valence-electron chi connectivity index (χ3n) is 4.14. The molecule has 1 amide bonds. The molecule has 0 heterocycles. The van der Waals surface area contributed by atoms with Gasteiger partial charge in [0.2, 0.25) is 5.91 Å². The van der Waals surface area contributed by atoms with Crippen molar-refractivity contribution in [3.63, 3.8) is 0 Å². The number of carboxylic acids is 1. The van der Waals surface area contributed by atoms with Gasteiger partial charge in [-0.3, -0.25) is 4.79 Å². The van der Waals surface area contributed by atoms with Gasteiger partial charge >= 0.3 is 0 Å². The van der Waals surface area contributed by atoms with Gasteiger partial charge < -0.3 is 24.7 Å². The van der Waals surface area contributed by atoms with Crippen molar-refractivity contribution in [3.8, 4) is 11.5 Å². The van der Waals surface area contributed by atoms with Crippen LogP contribution >= 0.6 is 11.6 Å². The standard InChI is InChI=1S/C16H20ClNO5/c1-22-13-8-12(14(23-2)7-11(13)17)18-15(19)9-5-3-4-6-10(9)16(20)21/h7-10H,3-6H2,1-2H3,(H,18,19)(H,20,21)/p-1/t9-,10+/m1/s1. The largest absolute Gasteiger partial charge is 0.550 e. The summed E-state index contributed by atoms with van der Waals surface area (Å²) in [5.74, 6) is -2.14. The third kappa shape index (κ3) is 3.88. The van der Waals surface area contributed by atoms with Crippen LogP contribution in [0.3, 0.4) is 0 Å². The van der Waals surface area contributed by atoms with Crippen LogP contribution in [0, 0.1) is 11.8 Å². The van der Waals surface area contributed by atoms with Gasteiger partial charge in [0.05, 0.1) is 24.9 Å². The van der Waals surface area contributed by atoms with Crippen molar-refractivity contribution in [3.05, 3.63) is 17.2 Å². The van der Waals surface area contributed by atoms with Crippen molar-refractivity contribution in [2.75, 3.05) is 19.5 Å². The zero-order valence-corrected chi connectivity index (χ0v) is 13.8. The molecule has 126 valence electrons. The summed E-state index contributed by atoms with van der Waals surface area (Å²) in [7, 11) is 2.92. The summed E-state index contributed by atoms with van der Waals surface area (Å²) in [6.07, 6.45) is 2.60. The molecule has 1 N–H and O–H groups in total. The zero-order chi connectivity index (χ0) is 17.0. The normalized spacial score (nSPS) is 20.7. The van der Waals surface area contributed by atoms with E-state index < -0.39 is 17.8 Å². The van der Waals surface area contributed by atoms with Gasteiger partial charge in [-0.15, -0.1) is 0 Å². The average molecular weight is 341 g/mol. The van der Waals surface area contributed by atoms with Gasteiger partial charge in [-0.25, -0.2) is 0 Å². The molecule has 6 nitrogen and oxygen atoms in total. The van der Waals surface area contributed by atoms with E-state index in [4.69, 9.17) is 21.1 Å². The minimum absolute atomic E-state index is 0.354. The number of amides is 1. The molecule has 0 saturated heterocycles. The van der Waals surface area contributed by atoms with Crippen LogP contribution in [0.25, 0.3) is 0 Å². The fraction of sp³-hybridized carbons (Fsp3) is 0.500. The Morgan fingerprint density at radius 2 is 1.74 bits per heavy atom. The highest BCUT2D eigenvalue weighted by Crippen LogP contribution is 2.37. The molecule has 1 aromatic rings. The van der Waals surface area contributed by atoms with Crippen LogP contribution in [-0.4, -0.2) is 26.1 Å². The second-order valence-corrected chi connectivity index (χ2v) is 5.90. The Kier molecular flexibility index (Phi) is 5.71. The first-order valence-electron chi connectivity index (χ1n) is 7.41. The summed E-state index contributed by atoms with van der Waals surface area (Å²) in [6.45, 7) is 0. The van der Waals surface area contributed by atoms with Crippen LogP contribution in [0.1, 0.15) is 25.7 Å². The second-order valence-electron chi connectivity index (χ2n) is 5.49. The third-order valence-corrected chi connectivity index (χ3v) is 4.43.